The molecule has 3 aromatic rings. The maximum Gasteiger partial charge on any atom is 0.287 e. The highest BCUT2D eigenvalue weighted by molar-refractivity contribution is 14.1. The van der Waals surface area contributed by atoms with E-state index in [1.54, 1.807) is 6.21 Å². The Labute approximate surface area is 183 Å². The molecule has 0 aliphatic heterocycles. The van der Waals surface area contributed by atoms with Gasteiger partial charge in [-0.05, 0) is 67.8 Å². The second kappa shape index (κ2) is 9.60. The molecule has 9 heteroatoms. The molecule has 0 amide bonds. The van der Waals surface area contributed by atoms with Crippen molar-refractivity contribution in [2.45, 2.75) is 6.61 Å². The number of hydrogen-bond acceptors (Lipinski definition) is 6. The number of hydrazone groups is 1. The maximum atomic E-state index is 10.6. The van der Waals surface area contributed by atoms with E-state index in [9.17, 15) is 10.1 Å². The lowest BCUT2D eigenvalue weighted by Gasteiger charge is -2.11. The van der Waals surface area contributed by atoms with Crippen LogP contribution in [0.15, 0.2) is 70.4 Å². The van der Waals surface area contributed by atoms with Crippen LogP contribution in [0.3, 0.4) is 0 Å². The van der Waals surface area contributed by atoms with Crippen molar-refractivity contribution in [3.8, 4) is 5.75 Å². The summed E-state index contributed by atoms with van der Waals surface area (Å²) in [6, 6.07) is 16.7. The molecule has 7 nitrogen and oxygen atoms in total. The number of nitrogens with zero attached hydrogens (tertiary/aromatic N) is 3. The van der Waals surface area contributed by atoms with E-state index in [4.69, 9.17) is 4.74 Å². The van der Waals surface area contributed by atoms with Gasteiger partial charge in [-0.25, -0.2) is 4.98 Å². The topological polar surface area (TPSA) is 89.7 Å². The van der Waals surface area contributed by atoms with Crippen LogP contribution >= 0.6 is 38.5 Å². The molecule has 0 aliphatic carbocycles. The van der Waals surface area contributed by atoms with Gasteiger partial charge in [-0.3, -0.25) is 15.5 Å². The Morgan fingerprint density at radius 2 is 2.04 bits per heavy atom. The van der Waals surface area contributed by atoms with Gasteiger partial charge >= 0.3 is 0 Å². The summed E-state index contributed by atoms with van der Waals surface area (Å²) in [6.07, 6.45) is 2.81. The predicted octanol–water partition coefficient (Wildman–Crippen LogP) is 5.38. The van der Waals surface area contributed by atoms with Crippen LogP contribution in [0.4, 0.5) is 11.5 Å². The van der Waals surface area contributed by atoms with E-state index in [2.05, 4.69) is 54.0 Å². The first kappa shape index (κ1) is 20.2. The molecular weight excluding hydrogens is 539 g/mol. The lowest BCUT2D eigenvalue weighted by molar-refractivity contribution is -0.385. The van der Waals surface area contributed by atoms with Gasteiger partial charge in [0.15, 0.2) is 0 Å². The van der Waals surface area contributed by atoms with E-state index in [0.717, 1.165) is 24.9 Å². The van der Waals surface area contributed by atoms with Gasteiger partial charge in [0.05, 0.1) is 19.2 Å². The van der Waals surface area contributed by atoms with E-state index in [-0.39, 0.29) is 5.69 Å². The van der Waals surface area contributed by atoms with E-state index >= 15 is 0 Å². The number of rotatable bonds is 7. The van der Waals surface area contributed by atoms with Crippen molar-refractivity contribution >= 4 is 56.2 Å². The summed E-state index contributed by atoms with van der Waals surface area (Å²) in [7, 11) is 0. The largest absolute Gasteiger partial charge is 0.487 e. The van der Waals surface area contributed by atoms with E-state index in [0.29, 0.717) is 12.4 Å². The van der Waals surface area contributed by atoms with Crippen LogP contribution in [-0.2, 0) is 6.61 Å². The average Bonchev–Trinajstić information content (AvgIpc) is 2.68. The summed E-state index contributed by atoms with van der Waals surface area (Å²) in [5.41, 5.74) is 4.63. The van der Waals surface area contributed by atoms with Gasteiger partial charge in [-0.15, -0.1) is 0 Å². The van der Waals surface area contributed by atoms with E-state index in [1.807, 2.05) is 42.5 Å². The molecule has 0 aliphatic rings. The number of ether oxygens (including phenoxy) is 1. The molecule has 3 rings (SSSR count). The first-order valence-corrected chi connectivity index (χ1v) is 9.95. The smallest absolute Gasteiger partial charge is 0.287 e. The number of hydrogen-bond donors (Lipinski definition) is 1. The highest BCUT2D eigenvalue weighted by atomic mass is 127. The van der Waals surface area contributed by atoms with Crippen molar-refractivity contribution in [3.05, 3.63) is 90.1 Å². The molecule has 142 valence electrons. The Morgan fingerprint density at radius 3 is 2.68 bits per heavy atom. The Kier molecular flexibility index (Phi) is 6.93. The third kappa shape index (κ3) is 5.49. The number of halogens is 2. The molecule has 0 fully saturated rings. The van der Waals surface area contributed by atoms with E-state index < -0.39 is 4.92 Å². The van der Waals surface area contributed by atoms with Crippen molar-refractivity contribution < 1.29 is 9.66 Å². The van der Waals surface area contributed by atoms with Crippen LogP contribution in [0.2, 0.25) is 0 Å². The number of aromatic nitrogens is 1. The fourth-order valence-electron chi connectivity index (χ4n) is 2.25. The molecule has 0 unspecified atom stereocenters. The number of pyridine rings is 1. The van der Waals surface area contributed by atoms with Crippen molar-refractivity contribution in [3.63, 3.8) is 0 Å². The van der Waals surface area contributed by atoms with Gasteiger partial charge in [0, 0.05) is 6.07 Å². The lowest BCUT2D eigenvalue weighted by Crippen LogP contribution is -1.99. The summed E-state index contributed by atoms with van der Waals surface area (Å²) in [5.74, 6) is 1.19. The second-order valence-corrected chi connectivity index (χ2v) is 7.63. The van der Waals surface area contributed by atoms with Gasteiger partial charge in [0.25, 0.3) is 5.69 Å². The molecule has 0 radical (unpaired) electrons. The van der Waals surface area contributed by atoms with Crippen LogP contribution < -0.4 is 10.2 Å². The first-order chi connectivity index (χ1) is 13.5. The molecule has 1 aromatic heterocycles. The standard InChI is InChI=1S/C19H14BrIN4O3/c20-16-8-14(10-23-24-18-7-6-15(11-22-18)25(26)27)9-17(21)19(16)28-12-13-4-2-1-3-5-13/h1-11H,12H2,(H,22,24)/b23-10+. The Morgan fingerprint density at radius 1 is 1.25 bits per heavy atom. The normalized spacial score (nSPS) is 10.8. The number of nitrogens with one attached hydrogen (secondary N) is 1. The third-order valence-corrected chi connectivity index (χ3v) is 4.99. The summed E-state index contributed by atoms with van der Waals surface area (Å²) in [5, 5.41) is 14.7. The van der Waals surface area contributed by atoms with Crippen molar-refractivity contribution in [1.29, 1.82) is 0 Å². The van der Waals surface area contributed by atoms with Gasteiger partial charge in [-0.1, -0.05) is 30.3 Å². The first-order valence-electron chi connectivity index (χ1n) is 8.08. The van der Waals surface area contributed by atoms with Gasteiger partial charge < -0.3 is 4.74 Å². The molecule has 0 saturated heterocycles. The fraction of sp³-hybridized carbons (Fsp3) is 0.0526. The maximum absolute atomic E-state index is 10.6. The minimum absolute atomic E-state index is 0.0703. The number of nitro groups is 1. The van der Waals surface area contributed by atoms with Gasteiger partial charge in [0.2, 0.25) is 0 Å². The van der Waals surface area contributed by atoms with Crippen molar-refractivity contribution in [2.75, 3.05) is 5.43 Å². The van der Waals surface area contributed by atoms with Crippen LogP contribution in [0.5, 0.6) is 5.75 Å². The second-order valence-electron chi connectivity index (χ2n) is 5.62. The highest BCUT2D eigenvalue weighted by Crippen LogP contribution is 2.32. The minimum Gasteiger partial charge on any atom is -0.487 e. The zero-order valence-electron chi connectivity index (χ0n) is 14.4. The molecule has 1 N–H and O–H groups in total. The van der Waals surface area contributed by atoms with Crippen LogP contribution in [0.1, 0.15) is 11.1 Å². The zero-order chi connectivity index (χ0) is 19.9. The molecule has 0 atom stereocenters. The zero-order valence-corrected chi connectivity index (χ0v) is 18.1. The number of anilines is 1. The fourth-order valence-corrected chi connectivity index (χ4v) is 4.02. The molecule has 0 bridgehead atoms. The van der Waals surface area contributed by atoms with Gasteiger partial charge in [-0.2, -0.15) is 5.10 Å². The Hall–Kier alpha value is -2.53. The minimum atomic E-state index is -0.499. The molecule has 1 heterocycles. The Bertz CT molecular complexity index is 975. The summed E-state index contributed by atoms with van der Waals surface area (Å²) in [4.78, 5) is 14.1. The van der Waals surface area contributed by atoms with Crippen LogP contribution in [-0.4, -0.2) is 16.1 Å². The SMILES string of the molecule is O=[N+]([O-])c1ccc(N/N=C/c2cc(Br)c(OCc3ccccc3)c(I)c2)nc1. The predicted molar refractivity (Wildman–Crippen MR) is 120 cm³/mol. The van der Waals surface area contributed by atoms with Crippen LogP contribution in [0.25, 0.3) is 0 Å². The summed E-state index contributed by atoms with van der Waals surface area (Å²) >= 11 is 5.76. The summed E-state index contributed by atoms with van der Waals surface area (Å²) < 4.78 is 7.70. The molecule has 2 aromatic carbocycles. The average molecular weight is 553 g/mol. The van der Waals surface area contributed by atoms with Crippen LogP contribution in [0, 0.1) is 13.7 Å². The molecule has 0 saturated carbocycles. The van der Waals surface area contributed by atoms with Crippen molar-refractivity contribution in [1.82, 2.24) is 4.98 Å². The quantitative estimate of drug-likeness (QED) is 0.184. The van der Waals surface area contributed by atoms with Gasteiger partial charge in [0.1, 0.15) is 24.4 Å². The summed E-state index contributed by atoms with van der Waals surface area (Å²) in [6.45, 7) is 0.482. The Balaban J connectivity index is 1.64. The lowest BCUT2D eigenvalue weighted by atomic mass is 10.2. The van der Waals surface area contributed by atoms with Crippen molar-refractivity contribution in [2.24, 2.45) is 5.10 Å². The molecular formula is C19H14BrIN4O3. The molecule has 0 spiro atoms. The number of benzene rings is 2. The highest BCUT2D eigenvalue weighted by Gasteiger charge is 2.09. The molecule has 28 heavy (non-hydrogen) atoms. The van der Waals surface area contributed by atoms with E-state index in [1.165, 1.54) is 18.3 Å². The monoisotopic (exact) mass is 552 g/mol. The third-order valence-electron chi connectivity index (χ3n) is 3.60.